The molecule has 0 atom stereocenters. The van der Waals surface area contributed by atoms with Gasteiger partial charge in [0.15, 0.2) is 61.4 Å². The minimum atomic E-state index is -0.120. The zero-order valence-corrected chi connectivity index (χ0v) is 62.0. The van der Waals surface area contributed by atoms with Crippen LogP contribution in [-0.2, 0) is 28.2 Å². The lowest BCUT2D eigenvalue weighted by atomic mass is 9.97. The van der Waals surface area contributed by atoms with E-state index in [9.17, 15) is 10.2 Å². The summed E-state index contributed by atoms with van der Waals surface area (Å²) < 4.78 is 8.08. The van der Waals surface area contributed by atoms with Gasteiger partial charge in [-0.3, -0.25) is 0 Å². The van der Waals surface area contributed by atoms with E-state index in [4.69, 9.17) is 39.9 Å². The number of hydrogen-bond donors (Lipinski definition) is 4. The van der Waals surface area contributed by atoms with Gasteiger partial charge in [0.25, 0.3) is 0 Å². The van der Waals surface area contributed by atoms with E-state index in [2.05, 4.69) is 168 Å². The number of aliphatic imine (C=N–C) groups is 8. The van der Waals surface area contributed by atoms with Gasteiger partial charge >= 0.3 is 0 Å². The molecule has 18 nitrogen and oxygen atoms in total. The maximum absolute atomic E-state index is 12.1. The highest BCUT2D eigenvalue weighted by molar-refractivity contribution is 6.40. The first kappa shape index (κ1) is 68.3. The molecule has 16 heterocycles. The number of nitrogens with zero attached hydrogens (tertiary/aromatic N) is 14. The molecule has 536 valence electrons. The highest BCUT2D eigenvalue weighted by Crippen LogP contribution is 2.44. The molecule has 0 saturated carbocycles. The largest absolute Gasteiger partial charge is 0.496 e. The Morgan fingerprint density at radius 3 is 0.901 bits per heavy atom. The van der Waals surface area contributed by atoms with E-state index < -0.39 is 0 Å². The summed E-state index contributed by atoms with van der Waals surface area (Å²) in [6, 6.07) is 40.9. The number of aromatic amines is 2. The number of nitrogens with one attached hydrogen (secondary N) is 2. The van der Waals surface area contributed by atoms with Crippen molar-refractivity contribution in [3.8, 4) is 0 Å². The van der Waals surface area contributed by atoms with Crippen molar-refractivity contribution in [1.29, 1.82) is 0 Å². The van der Waals surface area contributed by atoms with Crippen molar-refractivity contribution >= 4 is 102 Å². The standard InChI is InChI=1S/C93H74N16O2/c1-104-46-34-58(35-47-104)86-68-18-22-72(94-68)88(60-38-50-106(3)51-39-60)76-26-30-80(98-76)92(81-31-27-77(99-81)89(73-23-19-69(86)95-73)61-40-52-107(4)53-41-61)64-12-7-9-14-66(64)102-84(110)16-11-17-85(111)103-67-15-10-8-13-65(67)93-82-32-28-78(100-82)90(62-42-54-108(5)55-43-62)74-24-20-70(96-74)87(59-36-48-105(2)49-37-59)71-21-25-75(97-71)91(79-29-33-83(93)101-79)63-44-56-109(6)57-45-63/h7-10,12-15,18-57H,11,16-17H2,1-6H3,(H2-2,94,95,96,97,98,99,100,101,102,103,110,111)/q+2/p+2. The van der Waals surface area contributed by atoms with Crippen LogP contribution in [0.1, 0.15) is 75.4 Å². The predicted molar refractivity (Wildman–Crippen MR) is 443 cm³/mol. The first-order valence-electron chi connectivity index (χ1n) is 36.9. The van der Waals surface area contributed by atoms with Crippen LogP contribution < -0.4 is 18.3 Å². The Morgan fingerprint density at radius 1 is 0.315 bits per heavy atom. The van der Waals surface area contributed by atoms with E-state index in [0.29, 0.717) is 51.7 Å². The molecule has 0 saturated heterocycles. The molecular weight excluding hydrogens is 1370 g/mol. The first-order valence-corrected chi connectivity index (χ1v) is 36.9. The average Bonchev–Trinajstić information content (AvgIpc) is 1.62. The number of rotatable bonds is 12. The van der Waals surface area contributed by atoms with Gasteiger partial charge in [0.2, 0.25) is 0 Å². The fourth-order valence-corrected chi connectivity index (χ4v) is 15.0. The number of pyridine rings is 4. The second kappa shape index (κ2) is 28.6. The van der Waals surface area contributed by atoms with Gasteiger partial charge in [-0.25, -0.2) is 58.2 Å². The Kier molecular flexibility index (Phi) is 17.6. The summed E-state index contributed by atoms with van der Waals surface area (Å²) in [6.45, 7) is 0. The fourth-order valence-electron chi connectivity index (χ4n) is 15.0. The van der Waals surface area contributed by atoms with Crippen molar-refractivity contribution in [2.45, 2.75) is 19.3 Å². The molecule has 0 aliphatic carbocycles. The summed E-state index contributed by atoms with van der Waals surface area (Å²) in [5, 5.41) is 24.2. The van der Waals surface area contributed by atoms with Crippen molar-refractivity contribution in [1.82, 2.24) is 19.8 Å². The summed E-state index contributed by atoms with van der Waals surface area (Å²) in [5.74, 6) is -0.240. The zero-order valence-electron chi connectivity index (χ0n) is 62.0. The van der Waals surface area contributed by atoms with E-state index >= 15 is 0 Å². The molecule has 111 heavy (non-hydrogen) atoms. The Morgan fingerprint density at radius 2 is 0.577 bits per heavy atom. The second-order valence-electron chi connectivity index (χ2n) is 28.3. The number of benzene rings is 2. The van der Waals surface area contributed by atoms with Crippen LogP contribution >= 0.6 is 0 Å². The molecular formula is C93H76N16O2+4. The minimum absolute atomic E-state index is 0.120. The number of fused-ring (bicyclic) bond motifs is 10. The third kappa shape index (κ3) is 13.4. The third-order valence-corrected chi connectivity index (χ3v) is 20.6. The molecule has 10 aliphatic heterocycles. The van der Waals surface area contributed by atoms with E-state index in [1.807, 2.05) is 205 Å². The smallest absolute Gasteiger partial charge is 0.185 e. The summed E-state index contributed by atoms with van der Waals surface area (Å²) in [4.78, 5) is 54.8. The predicted octanol–water partition coefficient (Wildman–Crippen LogP) is 15.4. The zero-order chi connectivity index (χ0) is 75.4. The van der Waals surface area contributed by atoms with Crippen LogP contribution in [0.2, 0.25) is 0 Å². The Bertz CT molecular complexity index is 6210. The van der Waals surface area contributed by atoms with Gasteiger partial charge in [-0.1, -0.05) is 36.4 Å². The Hall–Kier alpha value is -14.5. The molecule has 18 heteroatoms. The van der Waals surface area contributed by atoms with Crippen molar-refractivity contribution in [3.05, 3.63) is 394 Å². The van der Waals surface area contributed by atoms with Crippen LogP contribution in [0, 0.1) is 0 Å². The summed E-state index contributed by atoms with van der Waals surface area (Å²) in [7, 11) is 12.1. The number of aryl methyl sites for hydroxylation is 4. The molecule has 0 fully saturated rings. The Balaban J connectivity index is 0.707. The molecule has 18 rings (SSSR count). The molecule has 0 unspecified atom stereocenters. The number of aliphatic hydroxyl groups is 2. The van der Waals surface area contributed by atoms with Gasteiger partial charge in [-0.2, -0.15) is 0 Å². The maximum atomic E-state index is 12.1. The van der Waals surface area contributed by atoms with Gasteiger partial charge in [0.1, 0.15) is 28.2 Å². The highest BCUT2D eigenvalue weighted by Gasteiger charge is 2.32. The van der Waals surface area contributed by atoms with Gasteiger partial charge < -0.3 is 30.0 Å². The summed E-state index contributed by atoms with van der Waals surface area (Å²) in [5.41, 5.74) is 27.4. The van der Waals surface area contributed by atoms with Gasteiger partial charge in [0.05, 0.1) is 79.8 Å². The van der Waals surface area contributed by atoms with E-state index in [-0.39, 0.29) is 24.6 Å². The molecule has 0 radical (unpaired) electrons. The molecule has 0 spiro atoms. The number of aromatic nitrogens is 6. The summed E-state index contributed by atoms with van der Waals surface area (Å²) >= 11 is 0. The van der Waals surface area contributed by atoms with Crippen LogP contribution in [0.5, 0.6) is 0 Å². The lowest BCUT2D eigenvalue weighted by Gasteiger charge is -2.16. The number of allylic oxidation sites excluding steroid dienone is 24. The average molecular weight is 1450 g/mol. The van der Waals surface area contributed by atoms with Gasteiger partial charge in [-0.15, -0.1) is 0 Å². The number of para-hydroxylation sites is 2. The summed E-state index contributed by atoms with van der Waals surface area (Å²) in [6.07, 6.45) is 58.3. The van der Waals surface area contributed by atoms with Crippen LogP contribution in [-0.4, -0.2) is 90.1 Å². The minimum Gasteiger partial charge on any atom is -0.496 e. The number of aliphatic hydroxyl groups excluding tert-OH is 2. The Labute approximate surface area is 642 Å². The molecule has 6 aromatic heterocycles. The van der Waals surface area contributed by atoms with Crippen LogP contribution in [0.3, 0.4) is 0 Å². The lowest BCUT2D eigenvalue weighted by Crippen LogP contribution is -2.26. The molecule has 0 amide bonds. The third-order valence-electron chi connectivity index (χ3n) is 20.6. The van der Waals surface area contributed by atoms with E-state index in [1.54, 1.807) is 0 Å². The second-order valence-corrected chi connectivity index (χ2v) is 28.3. The normalized spacial score (nSPS) is 17.7. The van der Waals surface area contributed by atoms with Gasteiger partial charge in [-0.05, 0) is 173 Å². The SMILES string of the molecule is CN1C=CC(=C2C3=NC(=C(c4ccccc4N=C(O)CCCC(O)=Nc4ccccc4C4=C5C=CC(=N5)C(c5cc[n+](C)cc5)=C5C=CC(=N5)C(=C5C=CN(C)C=C5)c5ccc([nH]5)C(c5cc[n+](C)cc5)=C5C=CC4=N5)C4=NC(=C(c5cc[n+](C)cc5)C5=NC(=C(c6cc[n+](C)cc6)c6ccc2[nH]6)C=C5)C=C4)C=C3)C=C1. The van der Waals surface area contributed by atoms with Crippen LogP contribution in [0.4, 0.5) is 11.4 Å². The number of H-pyrrole nitrogens is 2. The number of hydrogen-bond acceptors (Lipinski definition) is 10. The van der Waals surface area contributed by atoms with E-state index in [1.165, 1.54) is 0 Å². The maximum Gasteiger partial charge on any atom is 0.185 e. The van der Waals surface area contributed by atoms with Crippen molar-refractivity contribution < 1.29 is 28.5 Å². The molecule has 10 aliphatic rings. The topological polar surface area (TPSA) is 193 Å². The first-order chi connectivity index (χ1) is 54.2. The molecule has 4 N–H and O–H groups in total. The monoisotopic (exact) mass is 1450 g/mol. The van der Waals surface area contributed by atoms with Gasteiger partial charge in [0, 0.05) is 179 Å². The van der Waals surface area contributed by atoms with Crippen LogP contribution in [0.15, 0.2) is 378 Å². The van der Waals surface area contributed by atoms with Crippen LogP contribution in [0.25, 0.3) is 44.6 Å². The van der Waals surface area contributed by atoms with Crippen molar-refractivity contribution in [2.24, 2.45) is 68.1 Å². The molecule has 2 aromatic carbocycles. The highest BCUT2D eigenvalue weighted by atomic mass is 16.3. The van der Waals surface area contributed by atoms with E-state index in [0.717, 1.165) is 146 Å². The molecule has 16 bridgehead atoms. The van der Waals surface area contributed by atoms with Crippen molar-refractivity contribution in [2.75, 3.05) is 14.1 Å². The lowest BCUT2D eigenvalue weighted by molar-refractivity contribution is -0.671. The quantitative estimate of drug-likeness (QED) is 0.0538. The van der Waals surface area contributed by atoms with Crippen molar-refractivity contribution in [3.63, 3.8) is 0 Å². The fraction of sp³-hybridized carbons (Fsp3) is 0.0968. The molecule has 8 aromatic rings.